The second kappa shape index (κ2) is 5.11. The zero-order chi connectivity index (χ0) is 14.1. The minimum Gasteiger partial charge on any atom is -0.463 e. The summed E-state index contributed by atoms with van der Waals surface area (Å²) in [5, 5.41) is 8.93. The van der Waals surface area contributed by atoms with Crippen LogP contribution in [0.1, 0.15) is 11.3 Å². The van der Waals surface area contributed by atoms with Crippen molar-refractivity contribution in [3.05, 3.63) is 52.9 Å². The molecule has 0 fully saturated rings. The zero-order valence-electron chi connectivity index (χ0n) is 10.9. The summed E-state index contributed by atoms with van der Waals surface area (Å²) in [5.41, 5.74) is 8.97. The lowest BCUT2D eigenvalue weighted by Crippen LogP contribution is -2.02. The van der Waals surface area contributed by atoms with Crippen molar-refractivity contribution >= 4 is 11.6 Å². The van der Waals surface area contributed by atoms with Crippen LogP contribution in [0.4, 0.5) is 0 Å². The van der Waals surface area contributed by atoms with E-state index >= 15 is 0 Å². The number of furan rings is 1. The molecule has 2 heterocycles. The molecule has 0 unspecified atom stereocenters. The van der Waals surface area contributed by atoms with Gasteiger partial charge >= 0.3 is 0 Å². The Morgan fingerprint density at radius 3 is 2.85 bits per heavy atom. The Bertz CT molecular complexity index is 734. The molecule has 102 valence electrons. The van der Waals surface area contributed by atoms with Crippen LogP contribution < -0.4 is 5.73 Å². The molecule has 0 saturated heterocycles. The van der Waals surface area contributed by atoms with Crippen molar-refractivity contribution in [2.45, 2.75) is 13.5 Å². The van der Waals surface area contributed by atoms with E-state index < -0.39 is 0 Å². The van der Waals surface area contributed by atoms with Gasteiger partial charge in [-0.3, -0.25) is 0 Å². The van der Waals surface area contributed by atoms with Crippen molar-refractivity contribution in [2.75, 3.05) is 0 Å². The summed E-state index contributed by atoms with van der Waals surface area (Å²) in [6, 6.07) is 9.38. The standard InChI is InChI=1S/C14H13ClN4O/c1-9-4-5-10(7-11(9)15)19-14(12(8-16)17-18-19)13-3-2-6-20-13/h2-7H,8,16H2,1H3. The Labute approximate surface area is 121 Å². The van der Waals surface area contributed by atoms with Gasteiger partial charge in [0.15, 0.2) is 5.76 Å². The van der Waals surface area contributed by atoms with E-state index in [2.05, 4.69) is 10.3 Å². The molecule has 3 rings (SSSR count). The molecule has 0 amide bonds. The molecule has 2 N–H and O–H groups in total. The number of rotatable bonds is 3. The van der Waals surface area contributed by atoms with Crippen LogP contribution in [-0.2, 0) is 6.54 Å². The summed E-state index contributed by atoms with van der Waals surface area (Å²) in [6.07, 6.45) is 1.61. The molecule has 0 bridgehead atoms. The van der Waals surface area contributed by atoms with Crippen LogP contribution in [0.3, 0.4) is 0 Å². The van der Waals surface area contributed by atoms with E-state index in [0.29, 0.717) is 16.5 Å². The van der Waals surface area contributed by atoms with Gasteiger partial charge in [-0.2, -0.15) is 0 Å². The van der Waals surface area contributed by atoms with E-state index in [4.69, 9.17) is 21.8 Å². The molecular weight excluding hydrogens is 276 g/mol. The van der Waals surface area contributed by atoms with Gasteiger partial charge in [0.2, 0.25) is 0 Å². The Kier molecular flexibility index (Phi) is 3.30. The Morgan fingerprint density at radius 2 is 2.20 bits per heavy atom. The fourth-order valence-electron chi connectivity index (χ4n) is 2.00. The van der Waals surface area contributed by atoms with E-state index in [9.17, 15) is 0 Å². The lowest BCUT2D eigenvalue weighted by Gasteiger charge is -2.07. The van der Waals surface area contributed by atoms with Crippen molar-refractivity contribution in [1.29, 1.82) is 0 Å². The van der Waals surface area contributed by atoms with Crippen LogP contribution in [0.15, 0.2) is 41.0 Å². The molecule has 0 aliphatic carbocycles. The third-order valence-electron chi connectivity index (χ3n) is 3.09. The molecule has 2 aromatic heterocycles. The number of aryl methyl sites for hydroxylation is 1. The van der Waals surface area contributed by atoms with Gasteiger partial charge in [0.05, 0.1) is 12.0 Å². The molecule has 0 saturated carbocycles. The second-order valence-corrected chi connectivity index (χ2v) is 4.82. The highest BCUT2D eigenvalue weighted by atomic mass is 35.5. The van der Waals surface area contributed by atoms with Crippen LogP contribution in [0.2, 0.25) is 5.02 Å². The van der Waals surface area contributed by atoms with Crippen molar-refractivity contribution in [1.82, 2.24) is 15.0 Å². The molecule has 20 heavy (non-hydrogen) atoms. The Hall–Kier alpha value is -2.11. The molecule has 0 radical (unpaired) electrons. The SMILES string of the molecule is Cc1ccc(-n2nnc(CN)c2-c2ccco2)cc1Cl. The topological polar surface area (TPSA) is 69.9 Å². The van der Waals surface area contributed by atoms with Crippen molar-refractivity contribution < 1.29 is 4.42 Å². The summed E-state index contributed by atoms with van der Waals surface area (Å²) >= 11 is 6.17. The minimum atomic E-state index is 0.287. The highest BCUT2D eigenvalue weighted by molar-refractivity contribution is 6.31. The van der Waals surface area contributed by atoms with Gasteiger partial charge in [-0.05, 0) is 36.8 Å². The van der Waals surface area contributed by atoms with Gasteiger partial charge in [-0.25, -0.2) is 4.68 Å². The third-order valence-corrected chi connectivity index (χ3v) is 3.50. The number of nitrogens with two attached hydrogens (primary N) is 1. The second-order valence-electron chi connectivity index (χ2n) is 4.41. The highest BCUT2D eigenvalue weighted by Crippen LogP contribution is 2.27. The third kappa shape index (κ3) is 2.11. The smallest absolute Gasteiger partial charge is 0.154 e. The van der Waals surface area contributed by atoms with Gasteiger partial charge in [0.25, 0.3) is 0 Å². The molecule has 0 aliphatic rings. The monoisotopic (exact) mass is 288 g/mol. The summed E-state index contributed by atoms with van der Waals surface area (Å²) in [6.45, 7) is 2.24. The number of benzene rings is 1. The van der Waals surface area contributed by atoms with Gasteiger partial charge in [0, 0.05) is 11.6 Å². The van der Waals surface area contributed by atoms with Crippen molar-refractivity contribution in [3.63, 3.8) is 0 Å². The minimum absolute atomic E-state index is 0.287. The summed E-state index contributed by atoms with van der Waals surface area (Å²) in [7, 11) is 0. The van der Waals surface area contributed by atoms with E-state index in [-0.39, 0.29) is 6.54 Å². The van der Waals surface area contributed by atoms with Crippen LogP contribution in [0, 0.1) is 6.92 Å². The molecule has 3 aromatic rings. The predicted octanol–water partition coefficient (Wildman–Crippen LogP) is 2.95. The maximum atomic E-state index is 6.17. The maximum Gasteiger partial charge on any atom is 0.154 e. The van der Waals surface area contributed by atoms with Crippen molar-refractivity contribution in [3.8, 4) is 17.1 Å². The number of halogens is 1. The predicted molar refractivity (Wildman–Crippen MR) is 76.7 cm³/mol. The van der Waals surface area contributed by atoms with Crippen LogP contribution in [0.25, 0.3) is 17.1 Å². The van der Waals surface area contributed by atoms with E-state index in [1.54, 1.807) is 10.9 Å². The van der Waals surface area contributed by atoms with Gasteiger partial charge in [0.1, 0.15) is 11.4 Å². The lowest BCUT2D eigenvalue weighted by atomic mass is 10.2. The first kappa shape index (κ1) is 12.9. The number of hydrogen-bond donors (Lipinski definition) is 1. The number of nitrogens with zero attached hydrogens (tertiary/aromatic N) is 3. The molecule has 1 aromatic carbocycles. The van der Waals surface area contributed by atoms with Crippen LogP contribution in [0.5, 0.6) is 0 Å². The summed E-state index contributed by atoms with van der Waals surface area (Å²) in [5.74, 6) is 0.673. The van der Waals surface area contributed by atoms with Crippen LogP contribution in [-0.4, -0.2) is 15.0 Å². The molecular formula is C14H13ClN4O. The van der Waals surface area contributed by atoms with Gasteiger partial charge in [-0.1, -0.05) is 22.9 Å². The Balaban J connectivity index is 2.19. The maximum absolute atomic E-state index is 6.17. The number of hydrogen-bond acceptors (Lipinski definition) is 4. The van der Waals surface area contributed by atoms with Gasteiger partial charge in [-0.15, -0.1) is 5.10 Å². The summed E-state index contributed by atoms with van der Waals surface area (Å²) < 4.78 is 7.13. The largest absolute Gasteiger partial charge is 0.463 e. The molecule has 0 atom stereocenters. The Morgan fingerprint density at radius 1 is 1.35 bits per heavy atom. The molecule has 0 spiro atoms. The van der Waals surface area contributed by atoms with E-state index in [0.717, 1.165) is 16.9 Å². The van der Waals surface area contributed by atoms with E-state index in [1.165, 1.54) is 0 Å². The normalized spacial score (nSPS) is 10.9. The first-order valence-electron chi connectivity index (χ1n) is 6.15. The van der Waals surface area contributed by atoms with E-state index in [1.807, 2.05) is 37.3 Å². The van der Waals surface area contributed by atoms with Crippen molar-refractivity contribution in [2.24, 2.45) is 5.73 Å². The van der Waals surface area contributed by atoms with Crippen LogP contribution >= 0.6 is 11.6 Å². The molecule has 5 nitrogen and oxygen atoms in total. The zero-order valence-corrected chi connectivity index (χ0v) is 11.6. The average Bonchev–Trinajstić information content (AvgIpc) is 3.09. The first-order valence-corrected chi connectivity index (χ1v) is 6.53. The highest BCUT2D eigenvalue weighted by Gasteiger charge is 2.17. The molecule has 0 aliphatic heterocycles. The first-order chi connectivity index (χ1) is 9.70. The fourth-order valence-corrected chi connectivity index (χ4v) is 2.18. The summed E-state index contributed by atoms with van der Waals surface area (Å²) in [4.78, 5) is 0. The van der Waals surface area contributed by atoms with Gasteiger partial charge < -0.3 is 10.2 Å². The lowest BCUT2D eigenvalue weighted by molar-refractivity contribution is 0.576. The number of aromatic nitrogens is 3. The molecule has 6 heteroatoms. The quantitative estimate of drug-likeness (QED) is 0.804. The fraction of sp³-hybridized carbons (Fsp3) is 0.143. The average molecular weight is 289 g/mol.